The molecule has 0 unspecified atom stereocenters. The molecule has 0 atom stereocenters. The molecule has 0 N–H and O–H groups in total. The van der Waals surface area contributed by atoms with Gasteiger partial charge in [-0.2, -0.15) is 0 Å². The second-order valence-corrected chi connectivity index (χ2v) is 0. The quantitative estimate of drug-likeness (QED) is 0.341. The summed E-state index contributed by atoms with van der Waals surface area (Å²) in [6.45, 7) is 0. The van der Waals surface area contributed by atoms with Crippen molar-refractivity contribution in [3.63, 3.8) is 0 Å². The van der Waals surface area contributed by atoms with Crippen LogP contribution in [0.25, 0.3) is 0 Å². The Hall–Kier alpha value is 3.39. The summed E-state index contributed by atoms with van der Waals surface area (Å²) < 4.78 is 0. The summed E-state index contributed by atoms with van der Waals surface area (Å²) in [5.74, 6) is 0. The fourth-order valence-electron chi connectivity index (χ4n) is 0. The molecular weight excluding hydrogens is 607 g/mol. The minimum absolute atomic E-state index is 0. The van der Waals surface area contributed by atoms with Crippen molar-refractivity contribution < 1.29 is 61.3 Å². The van der Waals surface area contributed by atoms with Crippen molar-refractivity contribution in [3.8, 4) is 0 Å². The van der Waals surface area contributed by atoms with E-state index in [4.69, 9.17) is 0 Å². The van der Waals surface area contributed by atoms with Crippen LogP contribution in [0.3, 0.4) is 0 Å². The van der Waals surface area contributed by atoms with Crippen LogP contribution >= 0.6 is 0 Å². The molecule has 0 saturated heterocycles. The summed E-state index contributed by atoms with van der Waals surface area (Å²) in [5, 5.41) is 0. The van der Waals surface area contributed by atoms with Crippen LogP contribution in [-0.4, -0.2) is 0 Å². The molecule has 0 saturated carbocycles. The average Bonchev–Trinajstić information content (AvgIpc) is 0. The number of hydrogen-bond donors (Lipinski definition) is 0. The molecule has 0 aliphatic carbocycles. The molecule has 0 nitrogen and oxygen atoms in total. The van der Waals surface area contributed by atoms with Gasteiger partial charge in [0.15, 0.2) is 0 Å². The minimum Gasteiger partial charge on any atom is -2.00 e. The first-order chi connectivity index (χ1) is 0. The van der Waals surface area contributed by atoms with Crippen LogP contribution in [0.15, 0.2) is 0 Å². The zero-order chi connectivity index (χ0) is 0. The second kappa shape index (κ2) is 57.6. The molecule has 0 bridgehead atoms. The molecule has 54 valence electrons. The van der Waals surface area contributed by atoms with Gasteiger partial charge in [-0.15, -0.1) is 0 Å². The van der Waals surface area contributed by atoms with Crippen molar-refractivity contribution in [2.75, 3.05) is 0 Å². The Balaban J connectivity index is 0. The molecular formula is PdRe2S4-6. The van der Waals surface area contributed by atoms with E-state index >= 15 is 0 Å². The minimum atomic E-state index is 0. The Kier molecular flexibility index (Phi) is 656. The molecule has 7 heavy (non-hydrogen) atoms. The topological polar surface area (TPSA) is 0 Å². The third-order valence-corrected chi connectivity index (χ3v) is 0. The van der Waals surface area contributed by atoms with Gasteiger partial charge in [-0.3, -0.25) is 0 Å². The van der Waals surface area contributed by atoms with Gasteiger partial charge in [0.25, 0.3) is 0 Å². The molecule has 0 amide bonds. The van der Waals surface area contributed by atoms with Crippen molar-refractivity contribution in [1.82, 2.24) is 0 Å². The van der Waals surface area contributed by atoms with Crippen LogP contribution in [-0.2, 0) is 115 Å². The fourth-order valence-corrected chi connectivity index (χ4v) is 0. The van der Waals surface area contributed by atoms with E-state index in [1.807, 2.05) is 0 Å². The van der Waals surface area contributed by atoms with Crippen molar-refractivity contribution in [2.24, 2.45) is 0 Å². The largest absolute Gasteiger partial charge is 2.00 e. The standard InChI is InChI=1S/Pd.2Re.4S/q+2;;;4*-2. The van der Waals surface area contributed by atoms with Crippen LogP contribution in [0.4, 0.5) is 0 Å². The first kappa shape index (κ1) is 79.8. The van der Waals surface area contributed by atoms with Gasteiger partial charge in [-0.25, -0.2) is 0 Å². The van der Waals surface area contributed by atoms with Crippen molar-refractivity contribution in [1.29, 1.82) is 0 Å². The van der Waals surface area contributed by atoms with E-state index < -0.39 is 0 Å². The van der Waals surface area contributed by atoms with Gasteiger partial charge in [0.2, 0.25) is 0 Å². The fraction of sp³-hybridized carbons (Fsp3) is 0. The van der Waals surface area contributed by atoms with Crippen molar-refractivity contribution in [3.05, 3.63) is 0 Å². The van der Waals surface area contributed by atoms with E-state index in [1.54, 1.807) is 0 Å². The predicted molar refractivity (Wildman–Crippen MR) is 29.5 cm³/mol. The molecule has 0 aliphatic rings. The van der Waals surface area contributed by atoms with E-state index in [2.05, 4.69) is 0 Å². The van der Waals surface area contributed by atoms with Crippen LogP contribution in [0.1, 0.15) is 0 Å². The normalized spacial score (nSPS) is 0. The van der Waals surface area contributed by atoms with E-state index in [1.165, 1.54) is 0 Å². The van der Waals surface area contributed by atoms with Crippen molar-refractivity contribution >= 4 is 54.0 Å². The summed E-state index contributed by atoms with van der Waals surface area (Å²) in [4.78, 5) is 0. The van der Waals surface area contributed by atoms with Gasteiger partial charge in [0.1, 0.15) is 0 Å². The van der Waals surface area contributed by atoms with Crippen LogP contribution in [0, 0.1) is 0 Å². The van der Waals surface area contributed by atoms with Gasteiger partial charge in [0.05, 0.1) is 0 Å². The second-order valence-electron chi connectivity index (χ2n) is 0. The Morgan fingerprint density at radius 3 is 0.429 bits per heavy atom. The summed E-state index contributed by atoms with van der Waals surface area (Å²) in [6.07, 6.45) is 0. The molecule has 0 fully saturated rings. The van der Waals surface area contributed by atoms with Crippen LogP contribution in [0.2, 0.25) is 0 Å². The summed E-state index contributed by atoms with van der Waals surface area (Å²) in [5.41, 5.74) is 0. The number of rotatable bonds is 0. The van der Waals surface area contributed by atoms with Crippen LogP contribution < -0.4 is 0 Å². The maximum atomic E-state index is 0. The molecule has 7 heteroatoms. The maximum Gasteiger partial charge on any atom is 2.00 e. The summed E-state index contributed by atoms with van der Waals surface area (Å²) in [7, 11) is 0. The number of hydrogen-bond acceptors (Lipinski definition) is 0. The molecule has 0 heterocycles. The predicted octanol–water partition coefficient (Wildman–Crippen LogP) is -0.0171. The van der Waals surface area contributed by atoms with Crippen LogP contribution in [0.5, 0.6) is 0 Å². The van der Waals surface area contributed by atoms with E-state index in [0.29, 0.717) is 0 Å². The Bertz CT molecular complexity index is 9.65. The van der Waals surface area contributed by atoms with Gasteiger partial charge >= 0.3 is 20.4 Å². The first-order valence-electron chi connectivity index (χ1n) is 0. The zero-order valence-electron chi connectivity index (χ0n) is 2.71. The molecule has 2 radical (unpaired) electrons. The molecule has 0 aliphatic heterocycles. The SMILES string of the molecule is [Pd+2].[Re].[Re].[S-2].[S-2].[S-2].[S-2]. The van der Waals surface area contributed by atoms with Gasteiger partial charge in [0, 0.05) is 40.8 Å². The molecule has 0 aromatic heterocycles. The van der Waals surface area contributed by atoms with E-state index in [9.17, 15) is 0 Å². The smallest absolute Gasteiger partial charge is 2.00 e. The van der Waals surface area contributed by atoms with Crippen molar-refractivity contribution in [2.45, 2.75) is 0 Å². The Morgan fingerprint density at radius 2 is 0.429 bits per heavy atom. The molecule has 0 aromatic rings. The molecule has 0 spiro atoms. The maximum absolute atomic E-state index is 0. The Labute approximate surface area is 113 Å². The first-order valence-corrected chi connectivity index (χ1v) is 0. The Morgan fingerprint density at radius 1 is 0.429 bits per heavy atom. The van der Waals surface area contributed by atoms with Gasteiger partial charge in [-0.1, -0.05) is 0 Å². The van der Waals surface area contributed by atoms with E-state index in [0.717, 1.165) is 0 Å². The van der Waals surface area contributed by atoms with Gasteiger partial charge in [-0.05, 0) is 0 Å². The van der Waals surface area contributed by atoms with E-state index in [-0.39, 0.29) is 115 Å². The average molecular weight is 607 g/mol. The monoisotopic (exact) mass is 608 g/mol. The third kappa shape index (κ3) is 44.7. The summed E-state index contributed by atoms with van der Waals surface area (Å²) in [6, 6.07) is 0. The van der Waals surface area contributed by atoms with Gasteiger partial charge < -0.3 is 54.0 Å². The zero-order valence-corrected chi connectivity index (χ0v) is 13.0. The third-order valence-electron chi connectivity index (χ3n) is 0. The molecule has 0 rings (SSSR count). The summed E-state index contributed by atoms with van der Waals surface area (Å²) >= 11 is 0. The molecule has 0 aromatic carbocycles.